The van der Waals surface area contributed by atoms with E-state index < -0.39 is 0 Å². The number of rotatable bonds is 4. The molecule has 1 unspecified atom stereocenters. The van der Waals surface area contributed by atoms with Crippen LogP contribution in [-0.2, 0) is 0 Å². The van der Waals surface area contributed by atoms with Gasteiger partial charge in [0.2, 0.25) is 0 Å². The van der Waals surface area contributed by atoms with Gasteiger partial charge in [0.1, 0.15) is 0 Å². The number of nitrogens with zero attached hydrogens (tertiary/aromatic N) is 2. The first kappa shape index (κ1) is 11.9. The lowest BCUT2D eigenvalue weighted by Gasteiger charge is -2.23. The third-order valence-electron chi connectivity index (χ3n) is 3.16. The summed E-state index contributed by atoms with van der Waals surface area (Å²) in [5.74, 6) is 0. The number of nitro benzene ring substituents is 1. The fourth-order valence-corrected chi connectivity index (χ4v) is 2.18. The third-order valence-corrected chi connectivity index (χ3v) is 3.16. The number of hydrogen-bond donors (Lipinski definition) is 1. The Kier molecular flexibility index (Phi) is 3.58. The van der Waals surface area contributed by atoms with Crippen LogP contribution in [0.5, 0.6) is 0 Å². The lowest BCUT2D eigenvalue weighted by molar-refractivity contribution is -0.384. The van der Waals surface area contributed by atoms with Gasteiger partial charge in [-0.05, 0) is 31.5 Å². The minimum Gasteiger partial charge on any atom is -0.373 e. The summed E-state index contributed by atoms with van der Waals surface area (Å²) in [5.41, 5.74) is 1.16. The summed E-state index contributed by atoms with van der Waals surface area (Å²) in [5, 5.41) is 14.0. The highest BCUT2D eigenvalue weighted by Gasteiger charge is 2.16. The van der Waals surface area contributed by atoms with E-state index in [1.807, 2.05) is 7.05 Å². The Morgan fingerprint density at radius 1 is 1.47 bits per heavy atom. The van der Waals surface area contributed by atoms with Gasteiger partial charge in [-0.15, -0.1) is 0 Å². The Labute approximate surface area is 101 Å². The molecule has 0 radical (unpaired) electrons. The molecule has 0 aliphatic carbocycles. The van der Waals surface area contributed by atoms with Crippen molar-refractivity contribution in [2.75, 3.05) is 25.0 Å². The Morgan fingerprint density at radius 2 is 2.18 bits per heavy atom. The van der Waals surface area contributed by atoms with Crippen LogP contribution in [0.3, 0.4) is 0 Å². The standard InChI is InChI=1S/C12H17N3O2/c1-14(9-10-3-2-8-13-10)11-4-6-12(7-5-11)15(16)17/h4-7,10,13H,2-3,8-9H2,1H3. The predicted molar refractivity (Wildman–Crippen MR) is 67.4 cm³/mol. The average molecular weight is 235 g/mol. The van der Waals surface area contributed by atoms with Crippen LogP contribution >= 0.6 is 0 Å². The van der Waals surface area contributed by atoms with Crippen molar-refractivity contribution in [2.24, 2.45) is 0 Å². The van der Waals surface area contributed by atoms with Gasteiger partial charge in [0, 0.05) is 37.5 Å². The predicted octanol–water partition coefficient (Wildman–Crippen LogP) is 1.78. The molecule has 1 saturated heterocycles. The summed E-state index contributed by atoms with van der Waals surface area (Å²) in [6, 6.07) is 7.23. The lowest BCUT2D eigenvalue weighted by atomic mass is 10.2. The monoisotopic (exact) mass is 235 g/mol. The van der Waals surface area contributed by atoms with Crippen molar-refractivity contribution in [1.29, 1.82) is 0 Å². The molecule has 0 amide bonds. The summed E-state index contributed by atoms with van der Waals surface area (Å²) in [6.07, 6.45) is 2.44. The van der Waals surface area contributed by atoms with E-state index in [-0.39, 0.29) is 10.6 Å². The zero-order valence-electron chi connectivity index (χ0n) is 9.93. The van der Waals surface area contributed by atoms with Crippen molar-refractivity contribution >= 4 is 11.4 Å². The second-order valence-electron chi connectivity index (χ2n) is 4.45. The molecular formula is C12H17N3O2. The second kappa shape index (κ2) is 5.14. The second-order valence-corrected chi connectivity index (χ2v) is 4.45. The number of anilines is 1. The first-order valence-corrected chi connectivity index (χ1v) is 5.86. The molecule has 5 nitrogen and oxygen atoms in total. The van der Waals surface area contributed by atoms with Gasteiger partial charge >= 0.3 is 0 Å². The largest absolute Gasteiger partial charge is 0.373 e. The van der Waals surface area contributed by atoms with Crippen LogP contribution in [0.25, 0.3) is 0 Å². The molecule has 1 heterocycles. The number of hydrogen-bond acceptors (Lipinski definition) is 4. The summed E-state index contributed by atoms with van der Waals surface area (Å²) in [4.78, 5) is 12.3. The van der Waals surface area contributed by atoms with Crippen LogP contribution in [0, 0.1) is 10.1 Å². The van der Waals surface area contributed by atoms with E-state index in [0.717, 1.165) is 18.8 Å². The molecule has 1 N–H and O–H groups in total. The van der Waals surface area contributed by atoms with Crippen molar-refractivity contribution < 1.29 is 4.92 Å². The van der Waals surface area contributed by atoms with Crippen LogP contribution < -0.4 is 10.2 Å². The molecule has 2 rings (SSSR count). The Balaban J connectivity index is 1.98. The highest BCUT2D eigenvalue weighted by Crippen LogP contribution is 2.19. The summed E-state index contributed by atoms with van der Waals surface area (Å²) >= 11 is 0. The van der Waals surface area contributed by atoms with E-state index in [9.17, 15) is 10.1 Å². The summed E-state index contributed by atoms with van der Waals surface area (Å²) < 4.78 is 0. The smallest absolute Gasteiger partial charge is 0.269 e. The molecule has 0 aromatic heterocycles. The van der Waals surface area contributed by atoms with Crippen molar-refractivity contribution in [2.45, 2.75) is 18.9 Å². The first-order chi connectivity index (χ1) is 8.16. The Hall–Kier alpha value is -1.62. The van der Waals surface area contributed by atoms with Crippen molar-refractivity contribution in [1.82, 2.24) is 5.32 Å². The Morgan fingerprint density at radius 3 is 2.71 bits per heavy atom. The van der Waals surface area contributed by atoms with Gasteiger partial charge < -0.3 is 10.2 Å². The molecule has 5 heteroatoms. The lowest BCUT2D eigenvalue weighted by Crippen LogP contribution is -2.35. The van der Waals surface area contributed by atoms with E-state index >= 15 is 0 Å². The van der Waals surface area contributed by atoms with Crippen LogP contribution in [0.4, 0.5) is 11.4 Å². The molecule has 92 valence electrons. The van der Waals surface area contributed by atoms with Gasteiger partial charge in [0.25, 0.3) is 5.69 Å². The van der Waals surface area contributed by atoms with Crippen LogP contribution in [-0.4, -0.2) is 31.1 Å². The maximum atomic E-state index is 10.5. The maximum Gasteiger partial charge on any atom is 0.269 e. The van der Waals surface area contributed by atoms with Gasteiger partial charge in [0.15, 0.2) is 0 Å². The number of non-ortho nitro benzene ring substituents is 1. The van der Waals surface area contributed by atoms with E-state index in [1.165, 1.54) is 12.8 Å². The fraction of sp³-hybridized carbons (Fsp3) is 0.500. The van der Waals surface area contributed by atoms with Crippen molar-refractivity contribution in [3.63, 3.8) is 0 Å². The van der Waals surface area contributed by atoms with E-state index in [2.05, 4.69) is 10.2 Å². The van der Waals surface area contributed by atoms with Crippen LogP contribution in [0.1, 0.15) is 12.8 Å². The fourth-order valence-electron chi connectivity index (χ4n) is 2.18. The number of nitrogens with one attached hydrogen (secondary N) is 1. The van der Waals surface area contributed by atoms with E-state index in [0.29, 0.717) is 6.04 Å². The molecule has 1 atom stereocenters. The van der Waals surface area contributed by atoms with E-state index in [1.54, 1.807) is 24.3 Å². The average Bonchev–Trinajstić information content (AvgIpc) is 2.82. The highest BCUT2D eigenvalue weighted by atomic mass is 16.6. The molecular weight excluding hydrogens is 218 g/mol. The number of benzene rings is 1. The molecule has 1 aromatic rings. The van der Waals surface area contributed by atoms with Gasteiger partial charge in [0.05, 0.1) is 4.92 Å². The first-order valence-electron chi connectivity index (χ1n) is 5.86. The minimum absolute atomic E-state index is 0.140. The van der Waals surface area contributed by atoms with Crippen LogP contribution in [0.15, 0.2) is 24.3 Å². The SMILES string of the molecule is CN(CC1CCCN1)c1ccc([N+](=O)[O-])cc1. The highest BCUT2D eigenvalue weighted by molar-refractivity contribution is 5.50. The summed E-state index contributed by atoms with van der Waals surface area (Å²) in [6.45, 7) is 2.04. The van der Waals surface area contributed by atoms with Gasteiger partial charge in [-0.3, -0.25) is 10.1 Å². The zero-order chi connectivity index (χ0) is 12.3. The van der Waals surface area contributed by atoms with Crippen molar-refractivity contribution in [3.8, 4) is 0 Å². The number of likely N-dealkylation sites (N-methyl/N-ethyl adjacent to an activating group) is 1. The normalized spacial score (nSPS) is 19.2. The Bertz CT molecular complexity index is 385. The minimum atomic E-state index is -0.373. The van der Waals surface area contributed by atoms with Gasteiger partial charge in [-0.25, -0.2) is 0 Å². The molecule has 17 heavy (non-hydrogen) atoms. The molecule has 0 saturated carbocycles. The number of nitro groups is 1. The molecule has 1 aliphatic heterocycles. The molecule has 0 spiro atoms. The molecule has 1 fully saturated rings. The van der Waals surface area contributed by atoms with Crippen molar-refractivity contribution in [3.05, 3.63) is 34.4 Å². The van der Waals surface area contributed by atoms with Gasteiger partial charge in [-0.2, -0.15) is 0 Å². The molecule has 1 aromatic carbocycles. The maximum absolute atomic E-state index is 10.5. The molecule has 1 aliphatic rings. The van der Waals surface area contributed by atoms with Crippen LogP contribution in [0.2, 0.25) is 0 Å². The quantitative estimate of drug-likeness (QED) is 0.638. The van der Waals surface area contributed by atoms with Gasteiger partial charge in [-0.1, -0.05) is 0 Å². The third kappa shape index (κ3) is 2.94. The molecule has 0 bridgehead atoms. The topological polar surface area (TPSA) is 58.4 Å². The zero-order valence-corrected chi connectivity index (χ0v) is 9.93. The summed E-state index contributed by atoms with van der Waals surface area (Å²) in [7, 11) is 2.02. The van der Waals surface area contributed by atoms with E-state index in [4.69, 9.17) is 0 Å².